The van der Waals surface area contributed by atoms with Crippen LogP contribution in [0.1, 0.15) is 134 Å². The molecule has 3 aromatic heterocycles. The van der Waals surface area contributed by atoms with Gasteiger partial charge in [-0.25, -0.2) is 9.97 Å². The van der Waals surface area contributed by atoms with Crippen LogP contribution < -0.4 is 9.97 Å². The van der Waals surface area contributed by atoms with E-state index in [0.717, 1.165) is 72.7 Å². The summed E-state index contributed by atoms with van der Waals surface area (Å²) >= 11 is 0. The number of nitriles is 1. The van der Waals surface area contributed by atoms with Gasteiger partial charge in [0.15, 0.2) is 0 Å². The third-order valence-corrected chi connectivity index (χ3v) is 10.7. The van der Waals surface area contributed by atoms with E-state index in [-0.39, 0.29) is 38.2 Å². The van der Waals surface area contributed by atoms with Crippen molar-refractivity contribution in [1.82, 2.24) is 19.9 Å². The van der Waals surface area contributed by atoms with Gasteiger partial charge >= 0.3 is 16.5 Å². The monoisotopic (exact) mass is 793 g/mol. The van der Waals surface area contributed by atoms with E-state index in [4.69, 9.17) is 19.9 Å². The van der Waals surface area contributed by atoms with Crippen molar-refractivity contribution in [3.63, 3.8) is 0 Å². The number of aromatic nitrogens is 4. The van der Waals surface area contributed by atoms with Crippen LogP contribution in [0.3, 0.4) is 0 Å². The van der Waals surface area contributed by atoms with E-state index in [9.17, 15) is 5.26 Å². The molecule has 0 unspecified atom stereocenters. The Kier molecular flexibility index (Phi) is 10.8. The maximum Gasteiger partial charge on any atom is 2.00 e. The van der Waals surface area contributed by atoms with E-state index >= 15 is 0 Å². The van der Waals surface area contributed by atoms with E-state index in [0.29, 0.717) is 0 Å². The van der Waals surface area contributed by atoms with E-state index in [1.54, 1.807) is 0 Å². The number of rotatable bonds is 3. The van der Waals surface area contributed by atoms with Gasteiger partial charge in [-0.2, -0.15) is 5.26 Å². The summed E-state index contributed by atoms with van der Waals surface area (Å²) in [7, 11) is 0. The van der Waals surface area contributed by atoms with Crippen LogP contribution in [0.5, 0.6) is 0 Å². The van der Waals surface area contributed by atoms with Gasteiger partial charge in [0.05, 0.1) is 28.8 Å². The molecule has 6 heteroatoms. The van der Waals surface area contributed by atoms with E-state index in [1.165, 1.54) is 28.3 Å². The molecule has 57 heavy (non-hydrogen) atoms. The van der Waals surface area contributed by atoms with Gasteiger partial charge < -0.3 is 9.97 Å². The van der Waals surface area contributed by atoms with Crippen LogP contribution in [0.25, 0.3) is 74.7 Å². The minimum absolute atomic E-state index is 0. The molecule has 292 valence electrons. The van der Waals surface area contributed by atoms with Crippen LogP contribution in [-0.4, -0.2) is 9.97 Å². The molecule has 7 rings (SSSR count). The Labute approximate surface area is 349 Å². The summed E-state index contributed by atoms with van der Waals surface area (Å²) in [6.45, 7) is 27.1. The zero-order chi connectivity index (χ0) is 40.4. The topological polar surface area (TPSA) is 77.8 Å². The van der Waals surface area contributed by atoms with Crippen LogP contribution in [0.15, 0.2) is 72.8 Å². The van der Waals surface area contributed by atoms with Gasteiger partial charge in [0.1, 0.15) is 0 Å². The van der Waals surface area contributed by atoms with Crippen molar-refractivity contribution in [2.45, 2.75) is 105 Å². The van der Waals surface area contributed by atoms with Crippen molar-refractivity contribution >= 4 is 52.4 Å². The van der Waals surface area contributed by atoms with Crippen molar-refractivity contribution in [3.05, 3.63) is 123 Å². The van der Waals surface area contributed by atoms with Gasteiger partial charge in [0.25, 0.3) is 0 Å². The van der Waals surface area contributed by atoms with Crippen LogP contribution in [-0.2, 0) is 38.2 Å². The smallest absolute Gasteiger partial charge is 0.657 e. The molecule has 0 aliphatic carbocycles. The molecule has 5 nitrogen and oxygen atoms in total. The molecule has 2 aliphatic heterocycles. The number of fused-ring (bicyclic) bond motifs is 8. The molecule has 5 heterocycles. The summed E-state index contributed by atoms with van der Waals surface area (Å²) in [5.74, 6) is 0. The van der Waals surface area contributed by atoms with Crippen molar-refractivity contribution in [3.8, 4) is 28.3 Å². The van der Waals surface area contributed by atoms with Crippen LogP contribution in [0, 0.1) is 11.3 Å². The first-order valence-corrected chi connectivity index (χ1v) is 19.6. The third-order valence-electron chi connectivity index (χ3n) is 10.7. The standard InChI is InChI=1S/C51H53N5.Ni/c1-48(2,3)33-24-31(25-34(28-33)49(4,5)6)46-42-17-15-37(53-42)30-38-16-18-43(54-38)47(32-26-35(50(7,8)9)29-36(27-32)51(10,11)12)45-22-20-41(56-45)39(14-13-23-52)40-19-21-44(46)55-40;/h13-22,24-30H,1-12H3;/q-2;+2/b14-13+,37-30?,38-30?,40-39?,41-39?,46-42?,46-44?,47-43?,47-45?;. The number of nitrogens with zero attached hydrogens (tertiary/aromatic N) is 5. The SMILES string of the molecule is CC(C)(C)c1cc(-c2c3nc(c(/C=C/C#N)c4ccc([n-]4)c(-c4cc(C(C)(C)C)cc(C(C)(C)C)c4)c4nc(cc5ccc2[n-]5)C=C4)C=C3)cc(C(C)(C)C)c1.[Ni+2]. The first kappa shape index (κ1) is 41.4. The second kappa shape index (κ2) is 14.9. The fourth-order valence-electron chi connectivity index (χ4n) is 7.20. The normalized spacial score (nSPS) is 13.2. The molecule has 0 fully saturated rings. The molecular weight excluding hydrogens is 741 g/mol. The van der Waals surface area contributed by atoms with Crippen molar-refractivity contribution in [2.24, 2.45) is 0 Å². The molecule has 5 aromatic rings. The largest absolute Gasteiger partial charge is 2.00 e. The number of hydrogen-bond donors (Lipinski definition) is 0. The maximum absolute atomic E-state index is 9.72. The quantitative estimate of drug-likeness (QED) is 0.131. The molecule has 0 radical (unpaired) electrons. The van der Waals surface area contributed by atoms with Crippen LogP contribution in [0.4, 0.5) is 0 Å². The fourth-order valence-corrected chi connectivity index (χ4v) is 7.20. The average Bonchev–Trinajstić information content (AvgIpc) is 3.94. The summed E-state index contributed by atoms with van der Waals surface area (Å²) in [4.78, 5) is 21.1. The average molecular weight is 795 g/mol. The fraction of sp³-hybridized carbons (Fsp3) is 0.314. The van der Waals surface area contributed by atoms with Gasteiger partial charge in [-0.05, 0) is 102 Å². The molecule has 8 bridgehead atoms. The predicted octanol–water partition coefficient (Wildman–Crippen LogP) is 13.0. The van der Waals surface area contributed by atoms with Gasteiger partial charge in [-0.15, -0.1) is 22.1 Å². The van der Waals surface area contributed by atoms with E-state index < -0.39 is 0 Å². The van der Waals surface area contributed by atoms with Crippen LogP contribution in [0.2, 0.25) is 0 Å². The molecule has 0 atom stereocenters. The molecule has 2 aliphatic rings. The second-order valence-electron chi connectivity index (χ2n) is 19.3. The number of benzene rings is 2. The molecule has 0 saturated carbocycles. The Hall–Kier alpha value is -5.24. The molecular formula is C51H53N5Ni. The Morgan fingerprint density at radius 3 is 1.46 bits per heavy atom. The first-order chi connectivity index (χ1) is 26.2. The minimum Gasteiger partial charge on any atom is -0.657 e. The number of allylic oxidation sites excluding steroid dienone is 1. The molecule has 0 amide bonds. The van der Waals surface area contributed by atoms with E-state index in [1.807, 2.05) is 18.2 Å². The number of hydrogen-bond acceptors (Lipinski definition) is 3. The van der Waals surface area contributed by atoms with Crippen molar-refractivity contribution in [2.75, 3.05) is 0 Å². The van der Waals surface area contributed by atoms with Crippen molar-refractivity contribution < 1.29 is 16.5 Å². The maximum atomic E-state index is 9.72. The first-order valence-electron chi connectivity index (χ1n) is 19.6. The summed E-state index contributed by atoms with van der Waals surface area (Å²) in [5.41, 5.74) is 16.0. The molecule has 0 spiro atoms. The van der Waals surface area contributed by atoms with Gasteiger partial charge in [0, 0.05) is 6.08 Å². The summed E-state index contributed by atoms with van der Waals surface area (Å²) in [5, 5.41) is 9.72. The van der Waals surface area contributed by atoms with Gasteiger partial charge in [-0.1, -0.05) is 150 Å². The third kappa shape index (κ3) is 8.56. The minimum atomic E-state index is -0.0680. The second-order valence-corrected chi connectivity index (χ2v) is 19.3. The van der Waals surface area contributed by atoms with E-state index in [2.05, 4.69) is 168 Å². The van der Waals surface area contributed by atoms with Gasteiger partial charge in [0.2, 0.25) is 0 Å². The Bertz CT molecular complexity index is 2540. The van der Waals surface area contributed by atoms with Crippen molar-refractivity contribution in [1.29, 1.82) is 5.26 Å². The predicted molar refractivity (Wildman–Crippen MR) is 237 cm³/mol. The summed E-state index contributed by atoms with van der Waals surface area (Å²) in [6.07, 6.45) is 11.6. The Balaban J connectivity index is 0.00000549. The zero-order valence-electron chi connectivity index (χ0n) is 35.4. The van der Waals surface area contributed by atoms with Crippen LogP contribution >= 0.6 is 0 Å². The molecule has 0 saturated heterocycles. The van der Waals surface area contributed by atoms with Gasteiger partial charge in [-0.3, -0.25) is 0 Å². The molecule has 0 N–H and O–H groups in total. The Morgan fingerprint density at radius 2 is 0.947 bits per heavy atom. The zero-order valence-corrected chi connectivity index (χ0v) is 36.4. The Morgan fingerprint density at radius 1 is 0.509 bits per heavy atom. The summed E-state index contributed by atoms with van der Waals surface area (Å²) < 4.78 is 0. The summed E-state index contributed by atoms with van der Waals surface area (Å²) in [6, 6.07) is 26.4. The molecule has 2 aromatic carbocycles.